The van der Waals surface area contributed by atoms with Crippen molar-refractivity contribution in [2.45, 2.75) is 140 Å². The van der Waals surface area contributed by atoms with Crippen molar-refractivity contribution >= 4 is 17.9 Å². The fourth-order valence-corrected chi connectivity index (χ4v) is 5.41. The van der Waals surface area contributed by atoms with Gasteiger partial charge in [-0.2, -0.15) is 0 Å². The Balaban J connectivity index is 1.51. The van der Waals surface area contributed by atoms with E-state index in [-0.39, 0.29) is 18.2 Å². The Morgan fingerprint density at radius 2 is 1.72 bits per heavy atom. The largest absolute Gasteiger partial charge is 0.415 e. The van der Waals surface area contributed by atoms with Crippen molar-refractivity contribution < 1.29 is 43.9 Å². The Hall–Kier alpha value is -2.05. The molecule has 0 unspecified atom stereocenters. The molecular weight excluding hydrogens is 508 g/mol. The molecule has 222 valence electrons. The van der Waals surface area contributed by atoms with Gasteiger partial charge < -0.3 is 29.5 Å². The van der Waals surface area contributed by atoms with Crippen LogP contribution in [-0.2, 0) is 23.8 Å². The summed E-state index contributed by atoms with van der Waals surface area (Å²) in [6.45, 7) is 4.34. The highest BCUT2D eigenvalue weighted by molar-refractivity contribution is 6.01. The van der Waals surface area contributed by atoms with E-state index in [0.717, 1.165) is 38.2 Å². The number of aliphatic hydroxyl groups is 3. The highest BCUT2D eigenvalue weighted by Crippen LogP contribution is 2.31. The molecule has 0 bridgehead atoms. The molecule has 11 nitrogen and oxygen atoms in total. The van der Waals surface area contributed by atoms with Gasteiger partial charge in [0.1, 0.15) is 24.1 Å². The Labute approximate surface area is 230 Å². The number of ether oxygens (including phenoxy) is 3. The summed E-state index contributed by atoms with van der Waals surface area (Å²) >= 11 is 0. The molecule has 0 aromatic heterocycles. The standard InChI is InChI=1S/C28H46N2O9/c1-3-4-5-6-7-8-9-10-11-13-19(38-27-26(35)25(34)24(33)18(2)37-27)16-22(31)29-23(32)17-21-20-14-12-15-30(20)28(36)39-21/h17-20,24-27,33-35H,3-16H2,1-2H3,(H,29,31,32)/b21-17+/t18-,19+,20+,24-,25-,26+,27-/m0/s1. The maximum absolute atomic E-state index is 12.7. The van der Waals surface area contributed by atoms with E-state index in [0.29, 0.717) is 19.4 Å². The highest BCUT2D eigenvalue weighted by atomic mass is 16.7. The Morgan fingerprint density at radius 1 is 1.05 bits per heavy atom. The number of aliphatic hydroxyl groups excluding tert-OH is 3. The van der Waals surface area contributed by atoms with Gasteiger partial charge in [-0.25, -0.2) is 4.79 Å². The molecule has 3 saturated heterocycles. The molecule has 3 fully saturated rings. The van der Waals surface area contributed by atoms with Crippen LogP contribution in [0.15, 0.2) is 11.8 Å². The predicted octanol–water partition coefficient (Wildman–Crippen LogP) is 2.65. The Morgan fingerprint density at radius 3 is 2.41 bits per heavy atom. The molecule has 3 rings (SSSR count). The Kier molecular flexibility index (Phi) is 12.6. The monoisotopic (exact) mass is 554 g/mol. The van der Waals surface area contributed by atoms with Gasteiger partial charge in [0, 0.05) is 12.6 Å². The van der Waals surface area contributed by atoms with Gasteiger partial charge in [-0.3, -0.25) is 19.8 Å². The minimum atomic E-state index is -1.48. The molecule has 0 aromatic carbocycles. The van der Waals surface area contributed by atoms with Gasteiger partial charge in [-0.15, -0.1) is 0 Å². The normalized spacial score (nSPS) is 30.3. The first-order valence-electron chi connectivity index (χ1n) is 14.6. The van der Waals surface area contributed by atoms with E-state index in [2.05, 4.69) is 12.2 Å². The third-order valence-corrected chi connectivity index (χ3v) is 7.73. The molecule has 0 radical (unpaired) electrons. The second-order valence-electron chi connectivity index (χ2n) is 10.9. The van der Waals surface area contributed by atoms with Gasteiger partial charge in [0.15, 0.2) is 6.29 Å². The van der Waals surface area contributed by atoms with E-state index in [4.69, 9.17) is 14.2 Å². The van der Waals surface area contributed by atoms with Crippen LogP contribution < -0.4 is 5.32 Å². The van der Waals surface area contributed by atoms with Crippen LogP contribution in [-0.4, -0.2) is 87.5 Å². The van der Waals surface area contributed by atoms with Gasteiger partial charge >= 0.3 is 6.09 Å². The van der Waals surface area contributed by atoms with Crippen LogP contribution in [0.1, 0.15) is 97.3 Å². The summed E-state index contributed by atoms with van der Waals surface area (Å²) in [6, 6.07) is -0.269. The van der Waals surface area contributed by atoms with Crippen molar-refractivity contribution in [3.63, 3.8) is 0 Å². The number of amides is 3. The number of imide groups is 1. The SMILES string of the molecule is CCCCCCCCCCC[C@H](CC(=O)NC(=O)/C=C1/OC(=O)N2CCC[C@H]12)O[C@@H]1O[C@@H](C)[C@H](O)[C@H](O)[C@H]1O. The zero-order valence-corrected chi connectivity index (χ0v) is 23.3. The smallest absolute Gasteiger partial charge is 0.412 e. The quantitative estimate of drug-likeness (QED) is 0.177. The summed E-state index contributed by atoms with van der Waals surface area (Å²) < 4.78 is 16.7. The van der Waals surface area contributed by atoms with Crippen LogP contribution in [0.3, 0.4) is 0 Å². The number of unbranched alkanes of at least 4 members (excludes halogenated alkanes) is 8. The van der Waals surface area contributed by atoms with Crippen LogP contribution >= 0.6 is 0 Å². The van der Waals surface area contributed by atoms with Crippen molar-refractivity contribution in [1.29, 1.82) is 0 Å². The lowest BCUT2D eigenvalue weighted by Crippen LogP contribution is -2.58. The van der Waals surface area contributed by atoms with Crippen LogP contribution in [0.2, 0.25) is 0 Å². The van der Waals surface area contributed by atoms with Gasteiger partial charge in [0.25, 0.3) is 5.91 Å². The third kappa shape index (κ3) is 9.24. The highest BCUT2D eigenvalue weighted by Gasteiger charge is 2.44. The molecular formula is C28H46N2O9. The van der Waals surface area contributed by atoms with Gasteiger partial charge in [0.2, 0.25) is 5.91 Å². The lowest BCUT2D eigenvalue weighted by molar-refractivity contribution is -0.304. The van der Waals surface area contributed by atoms with E-state index < -0.39 is 54.7 Å². The van der Waals surface area contributed by atoms with Crippen LogP contribution in [0.4, 0.5) is 4.79 Å². The lowest BCUT2D eigenvalue weighted by atomic mass is 9.99. The van der Waals surface area contributed by atoms with Crippen LogP contribution in [0.5, 0.6) is 0 Å². The molecule has 3 amide bonds. The summed E-state index contributed by atoms with van der Waals surface area (Å²) in [6.07, 6.45) is 5.81. The maximum atomic E-state index is 12.7. The first kappa shape index (κ1) is 31.5. The van der Waals surface area contributed by atoms with Crippen molar-refractivity contribution in [3.8, 4) is 0 Å². The summed E-state index contributed by atoms with van der Waals surface area (Å²) in [7, 11) is 0. The second-order valence-corrected chi connectivity index (χ2v) is 10.9. The molecule has 4 N–H and O–H groups in total. The third-order valence-electron chi connectivity index (χ3n) is 7.73. The molecule has 3 aliphatic heterocycles. The first-order valence-corrected chi connectivity index (χ1v) is 14.6. The number of nitrogens with zero attached hydrogens (tertiary/aromatic N) is 1. The maximum Gasteiger partial charge on any atom is 0.415 e. The molecule has 3 aliphatic rings. The molecule has 0 spiro atoms. The first-order chi connectivity index (χ1) is 18.7. The Bertz CT molecular complexity index is 851. The fraction of sp³-hybridized carbons (Fsp3) is 0.821. The van der Waals surface area contributed by atoms with Crippen LogP contribution in [0.25, 0.3) is 0 Å². The number of cyclic esters (lactones) is 1. The number of hydrogen-bond acceptors (Lipinski definition) is 9. The average Bonchev–Trinajstić information content (AvgIpc) is 3.49. The predicted molar refractivity (Wildman–Crippen MR) is 141 cm³/mol. The number of rotatable bonds is 15. The number of carbonyl (C=O) groups is 3. The molecule has 0 saturated carbocycles. The van der Waals surface area contributed by atoms with Crippen molar-refractivity contribution in [3.05, 3.63) is 11.8 Å². The molecule has 0 aromatic rings. The van der Waals surface area contributed by atoms with E-state index in [1.165, 1.54) is 32.1 Å². The molecule has 0 aliphatic carbocycles. The molecule has 39 heavy (non-hydrogen) atoms. The molecule has 7 atom stereocenters. The minimum Gasteiger partial charge on any atom is -0.412 e. The molecule has 11 heteroatoms. The van der Waals surface area contributed by atoms with Gasteiger partial charge in [-0.05, 0) is 26.2 Å². The topological polar surface area (TPSA) is 155 Å². The van der Waals surface area contributed by atoms with E-state index in [1.54, 1.807) is 11.8 Å². The zero-order chi connectivity index (χ0) is 28.4. The average molecular weight is 555 g/mol. The minimum absolute atomic E-state index is 0.166. The number of fused-ring (bicyclic) bond motifs is 1. The van der Waals surface area contributed by atoms with E-state index in [9.17, 15) is 29.7 Å². The fourth-order valence-electron chi connectivity index (χ4n) is 5.41. The number of hydrogen-bond donors (Lipinski definition) is 4. The van der Waals surface area contributed by atoms with E-state index in [1.807, 2.05) is 0 Å². The summed E-state index contributed by atoms with van der Waals surface area (Å²) in [4.78, 5) is 38.7. The molecule has 3 heterocycles. The zero-order valence-electron chi connectivity index (χ0n) is 23.3. The van der Waals surface area contributed by atoms with Gasteiger partial charge in [-0.1, -0.05) is 64.7 Å². The summed E-state index contributed by atoms with van der Waals surface area (Å²) in [5, 5.41) is 32.8. The van der Waals surface area contributed by atoms with Crippen molar-refractivity contribution in [2.24, 2.45) is 0 Å². The summed E-state index contributed by atoms with van der Waals surface area (Å²) in [5.74, 6) is -1.02. The summed E-state index contributed by atoms with van der Waals surface area (Å²) in [5.41, 5.74) is 0. The van der Waals surface area contributed by atoms with Crippen molar-refractivity contribution in [2.75, 3.05) is 6.54 Å². The lowest BCUT2D eigenvalue weighted by Gasteiger charge is -2.40. The van der Waals surface area contributed by atoms with Crippen molar-refractivity contribution in [1.82, 2.24) is 10.2 Å². The number of nitrogens with one attached hydrogen (secondary N) is 1. The van der Waals surface area contributed by atoms with Crippen LogP contribution in [0, 0.1) is 0 Å². The number of carbonyl (C=O) groups excluding carboxylic acids is 3. The van der Waals surface area contributed by atoms with Gasteiger partial charge in [0.05, 0.1) is 24.7 Å². The van der Waals surface area contributed by atoms with E-state index >= 15 is 0 Å². The second kappa shape index (κ2) is 15.7.